The molecule has 2 atom stereocenters. The summed E-state index contributed by atoms with van der Waals surface area (Å²) in [5, 5.41) is 0. The molecule has 0 bridgehead atoms. The van der Waals surface area contributed by atoms with Crippen molar-refractivity contribution < 1.29 is 9.15 Å². The Bertz CT molecular complexity index is 274. The van der Waals surface area contributed by atoms with Crippen molar-refractivity contribution in [1.29, 1.82) is 0 Å². The van der Waals surface area contributed by atoms with Crippen molar-refractivity contribution in [2.24, 2.45) is 5.84 Å². The lowest BCUT2D eigenvalue weighted by Gasteiger charge is -2.35. The van der Waals surface area contributed by atoms with Crippen molar-refractivity contribution >= 4 is 0 Å². The molecule has 0 aliphatic rings. The van der Waals surface area contributed by atoms with Crippen LogP contribution in [-0.2, 0) is 4.74 Å². The van der Waals surface area contributed by atoms with Gasteiger partial charge in [-0.2, -0.15) is 0 Å². The first-order valence-electron chi connectivity index (χ1n) is 5.31. The lowest BCUT2D eigenvalue weighted by atomic mass is 9.91. The molecule has 15 heavy (non-hydrogen) atoms. The fraction of sp³-hybridized carbons (Fsp3) is 0.636. The maximum absolute atomic E-state index is 5.75. The lowest BCUT2D eigenvalue weighted by molar-refractivity contribution is -0.0609. The highest BCUT2D eigenvalue weighted by atomic mass is 16.5. The molecule has 0 aromatic carbocycles. The minimum Gasteiger partial charge on any atom is -0.468 e. The normalized spacial score (nSPS) is 17.3. The van der Waals surface area contributed by atoms with Crippen molar-refractivity contribution in [1.82, 2.24) is 5.43 Å². The maximum atomic E-state index is 5.75. The Kier molecular flexibility index (Phi) is 4.32. The molecule has 4 nitrogen and oxygen atoms in total. The topological polar surface area (TPSA) is 60.4 Å². The van der Waals surface area contributed by atoms with Crippen LogP contribution in [-0.4, -0.2) is 12.2 Å². The van der Waals surface area contributed by atoms with E-state index in [-0.39, 0.29) is 11.6 Å². The molecule has 0 radical (unpaired) electrons. The highest BCUT2D eigenvalue weighted by molar-refractivity contribution is 5.09. The van der Waals surface area contributed by atoms with Crippen molar-refractivity contribution in [3.63, 3.8) is 0 Å². The van der Waals surface area contributed by atoms with Crippen LogP contribution in [0.5, 0.6) is 0 Å². The maximum Gasteiger partial charge on any atom is 0.124 e. The molecule has 4 heteroatoms. The van der Waals surface area contributed by atoms with Crippen LogP contribution in [0.2, 0.25) is 0 Å². The summed E-state index contributed by atoms with van der Waals surface area (Å²) in [6.45, 7) is 6.74. The van der Waals surface area contributed by atoms with E-state index >= 15 is 0 Å². The number of hydrazine groups is 1. The molecule has 1 heterocycles. The summed E-state index contributed by atoms with van der Waals surface area (Å²) in [5.41, 5.74) is 2.42. The predicted octanol–water partition coefficient (Wildman–Crippen LogP) is 1.99. The van der Waals surface area contributed by atoms with Crippen LogP contribution >= 0.6 is 0 Å². The van der Waals surface area contributed by atoms with Gasteiger partial charge < -0.3 is 9.15 Å². The van der Waals surface area contributed by atoms with Crippen LogP contribution in [0, 0.1) is 0 Å². The summed E-state index contributed by atoms with van der Waals surface area (Å²) >= 11 is 0. The highest BCUT2D eigenvalue weighted by Crippen LogP contribution is 2.31. The predicted molar refractivity (Wildman–Crippen MR) is 59.1 cm³/mol. The fourth-order valence-electron chi connectivity index (χ4n) is 1.73. The quantitative estimate of drug-likeness (QED) is 0.559. The number of hydrogen-bond acceptors (Lipinski definition) is 4. The van der Waals surface area contributed by atoms with E-state index in [1.54, 1.807) is 6.26 Å². The van der Waals surface area contributed by atoms with Crippen LogP contribution in [0.4, 0.5) is 0 Å². The Labute approximate surface area is 90.8 Å². The number of furan rings is 1. The second kappa shape index (κ2) is 5.30. The molecule has 0 aliphatic heterocycles. The van der Waals surface area contributed by atoms with Gasteiger partial charge in [0.15, 0.2) is 0 Å². The van der Waals surface area contributed by atoms with E-state index < -0.39 is 0 Å². The van der Waals surface area contributed by atoms with Gasteiger partial charge in [-0.3, -0.25) is 5.84 Å². The zero-order valence-electron chi connectivity index (χ0n) is 9.62. The first kappa shape index (κ1) is 12.2. The van der Waals surface area contributed by atoms with E-state index in [0.717, 1.165) is 12.2 Å². The van der Waals surface area contributed by atoms with Gasteiger partial charge in [-0.25, -0.2) is 5.43 Å². The van der Waals surface area contributed by atoms with Gasteiger partial charge in [-0.05, 0) is 32.4 Å². The Hall–Kier alpha value is -0.840. The summed E-state index contributed by atoms with van der Waals surface area (Å²) in [5.74, 6) is 6.37. The first-order chi connectivity index (χ1) is 7.18. The molecular formula is C11H20N2O2. The van der Waals surface area contributed by atoms with Gasteiger partial charge in [0.25, 0.3) is 0 Å². The van der Waals surface area contributed by atoms with E-state index in [4.69, 9.17) is 15.0 Å². The Morgan fingerprint density at radius 1 is 1.60 bits per heavy atom. The van der Waals surface area contributed by atoms with E-state index in [0.29, 0.717) is 6.61 Å². The molecule has 86 valence electrons. The zero-order valence-corrected chi connectivity index (χ0v) is 9.62. The van der Waals surface area contributed by atoms with Crippen molar-refractivity contribution in [2.45, 2.75) is 38.8 Å². The molecule has 1 aromatic heterocycles. The summed E-state index contributed by atoms with van der Waals surface area (Å²) in [4.78, 5) is 0. The molecule has 0 amide bonds. The average molecular weight is 212 g/mol. The number of rotatable bonds is 6. The van der Waals surface area contributed by atoms with Crippen molar-refractivity contribution in [3.8, 4) is 0 Å². The lowest BCUT2D eigenvalue weighted by Crippen LogP contribution is -2.46. The van der Waals surface area contributed by atoms with Gasteiger partial charge in [0.1, 0.15) is 11.8 Å². The Morgan fingerprint density at radius 2 is 2.33 bits per heavy atom. The molecule has 0 fully saturated rings. The number of nitrogens with two attached hydrogens (primary N) is 1. The molecule has 0 aliphatic carbocycles. The standard InChI is InChI=1S/C11H20N2O2/c1-4-11(3,15-5-2)10(13-12)9-7-6-8-14-9/h6-8,10,13H,4-5,12H2,1-3H3. The smallest absolute Gasteiger partial charge is 0.124 e. The van der Waals surface area contributed by atoms with E-state index in [1.165, 1.54) is 0 Å². The van der Waals surface area contributed by atoms with Crippen LogP contribution in [0.15, 0.2) is 22.8 Å². The fourth-order valence-corrected chi connectivity index (χ4v) is 1.73. The monoisotopic (exact) mass is 212 g/mol. The second-order valence-electron chi connectivity index (χ2n) is 3.71. The molecule has 1 rings (SSSR count). The summed E-state index contributed by atoms with van der Waals surface area (Å²) in [6, 6.07) is 3.62. The van der Waals surface area contributed by atoms with Gasteiger partial charge in [0.05, 0.1) is 11.9 Å². The van der Waals surface area contributed by atoms with Crippen molar-refractivity contribution in [3.05, 3.63) is 24.2 Å². The molecule has 0 saturated carbocycles. The largest absolute Gasteiger partial charge is 0.468 e. The zero-order chi connectivity index (χ0) is 11.3. The Morgan fingerprint density at radius 3 is 2.73 bits per heavy atom. The summed E-state index contributed by atoms with van der Waals surface area (Å²) < 4.78 is 11.1. The van der Waals surface area contributed by atoms with Gasteiger partial charge in [0, 0.05) is 6.61 Å². The Balaban J connectivity index is 2.88. The van der Waals surface area contributed by atoms with Crippen LogP contribution in [0.25, 0.3) is 0 Å². The van der Waals surface area contributed by atoms with E-state index in [9.17, 15) is 0 Å². The summed E-state index contributed by atoms with van der Waals surface area (Å²) in [6.07, 6.45) is 2.50. The third kappa shape index (κ3) is 2.59. The number of ether oxygens (including phenoxy) is 1. The second-order valence-corrected chi connectivity index (χ2v) is 3.71. The van der Waals surface area contributed by atoms with Gasteiger partial charge in [-0.1, -0.05) is 6.92 Å². The molecule has 3 N–H and O–H groups in total. The molecule has 0 spiro atoms. The minimum atomic E-state index is -0.346. The van der Waals surface area contributed by atoms with Gasteiger partial charge >= 0.3 is 0 Å². The third-order valence-corrected chi connectivity index (χ3v) is 2.78. The third-order valence-electron chi connectivity index (χ3n) is 2.78. The van der Waals surface area contributed by atoms with Gasteiger partial charge in [0.2, 0.25) is 0 Å². The highest BCUT2D eigenvalue weighted by Gasteiger charge is 2.35. The van der Waals surface area contributed by atoms with Crippen LogP contribution < -0.4 is 11.3 Å². The van der Waals surface area contributed by atoms with E-state index in [2.05, 4.69) is 12.3 Å². The molecule has 2 unspecified atom stereocenters. The average Bonchev–Trinajstić information content (AvgIpc) is 2.72. The van der Waals surface area contributed by atoms with E-state index in [1.807, 2.05) is 26.0 Å². The number of nitrogens with one attached hydrogen (secondary N) is 1. The van der Waals surface area contributed by atoms with Crippen LogP contribution in [0.1, 0.15) is 39.0 Å². The molecule has 1 aromatic rings. The SMILES string of the molecule is CCOC(C)(CC)C(NN)c1ccco1. The van der Waals surface area contributed by atoms with Crippen LogP contribution in [0.3, 0.4) is 0 Å². The van der Waals surface area contributed by atoms with Crippen molar-refractivity contribution in [2.75, 3.05) is 6.61 Å². The summed E-state index contributed by atoms with van der Waals surface area (Å²) in [7, 11) is 0. The minimum absolute atomic E-state index is 0.127. The van der Waals surface area contributed by atoms with Gasteiger partial charge in [-0.15, -0.1) is 0 Å². The molecular weight excluding hydrogens is 192 g/mol. The first-order valence-corrected chi connectivity index (χ1v) is 5.31. The molecule has 0 saturated heterocycles. The number of hydrogen-bond donors (Lipinski definition) is 2.